The van der Waals surface area contributed by atoms with Crippen LogP contribution < -0.4 is 10.1 Å². The Kier molecular flexibility index (Phi) is 5.29. The van der Waals surface area contributed by atoms with E-state index in [1.54, 1.807) is 6.92 Å². The van der Waals surface area contributed by atoms with Gasteiger partial charge in [0, 0.05) is 5.02 Å². The van der Waals surface area contributed by atoms with Crippen molar-refractivity contribution >= 4 is 23.4 Å². The van der Waals surface area contributed by atoms with E-state index in [0.717, 1.165) is 0 Å². The van der Waals surface area contributed by atoms with Gasteiger partial charge in [-0.2, -0.15) is 13.2 Å². The van der Waals surface area contributed by atoms with Crippen LogP contribution in [0.2, 0.25) is 5.02 Å². The molecule has 4 nitrogen and oxygen atoms in total. The fraction of sp³-hybridized carbons (Fsp3) is 0.364. The Hall–Kier alpha value is -1.63. The van der Waals surface area contributed by atoms with E-state index in [9.17, 15) is 18.0 Å². The molecular weight excluding hydrogens is 287 g/mol. The number of halogens is 4. The van der Waals surface area contributed by atoms with Crippen molar-refractivity contribution in [2.24, 2.45) is 0 Å². The molecule has 1 aromatic carbocycles. The maximum Gasteiger partial charge on any atom is 0.422 e. The van der Waals surface area contributed by atoms with Crippen LogP contribution >= 0.6 is 11.6 Å². The first-order valence-electron chi connectivity index (χ1n) is 5.24. The maximum absolute atomic E-state index is 11.9. The minimum Gasteiger partial charge on any atom is -0.492 e. The SMILES string of the molecule is CCOc1ccc(Cl)cc1NC(=O)OCC(F)(F)F. The van der Waals surface area contributed by atoms with Gasteiger partial charge < -0.3 is 9.47 Å². The van der Waals surface area contributed by atoms with Crippen molar-refractivity contribution in [1.29, 1.82) is 0 Å². The van der Waals surface area contributed by atoms with E-state index < -0.39 is 18.9 Å². The number of rotatable bonds is 4. The summed E-state index contributed by atoms with van der Waals surface area (Å²) in [5.74, 6) is 0.288. The minimum atomic E-state index is -4.57. The summed E-state index contributed by atoms with van der Waals surface area (Å²) >= 11 is 5.72. The summed E-state index contributed by atoms with van der Waals surface area (Å²) in [6, 6.07) is 4.37. The van der Waals surface area contributed by atoms with Gasteiger partial charge in [-0.3, -0.25) is 5.32 Å². The van der Waals surface area contributed by atoms with Crippen molar-refractivity contribution in [3.05, 3.63) is 23.2 Å². The van der Waals surface area contributed by atoms with Crippen molar-refractivity contribution in [2.45, 2.75) is 13.1 Å². The molecule has 0 atom stereocenters. The quantitative estimate of drug-likeness (QED) is 0.918. The first kappa shape index (κ1) is 15.4. The molecule has 0 saturated carbocycles. The fourth-order valence-electron chi connectivity index (χ4n) is 1.17. The average molecular weight is 298 g/mol. The smallest absolute Gasteiger partial charge is 0.422 e. The lowest BCUT2D eigenvalue weighted by Crippen LogP contribution is -2.23. The summed E-state index contributed by atoms with van der Waals surface area (Å²) < 4.78 is 44.8. The van der Waals surface area contributed by atoms with Gasteiger partial charge >= 0.3 is 12.3 Å². The van der Waals surface area contributed by atoms with Crippen LogP contribution in [0.1, 0.15) is 6.92 Å². The summed E-state index contributed by atoms with van der Waals surface area (Å²) in [6.07, 6.45) is -5.81. The van der Waals surface area contributed by atoms with E-state index in [0.29, 0.717) is 11.6 Å². The summed E-state index contributed by atoms with van der Waals surface area (Å²) in [5, 5.41) is 2.44. The van der Waals surface area contributed by atoms with Crippen molar-refractivity contribution in [3.8, 4) is 5.75 Å². The van der Waals surface area contributed by atoms with Gasteiger partial charge in [-0.05, 0) is 25.1 Å². The van der Waals surface area contributed by atoms with Gasteiger partial charge in [0.25, 0.3) is 0 Å². The van der Waals surface area contributed by atoms with E-state index in [2.05, 4.69) is 10.1 Å². The first-order chi connectivity index (χ1) is 8.81. The van der Waals surface area contributed by atoms with Gasteiger partial charge in [0.2, 0.25) is 0 Å². The van der Waals surface area contributed by atoms with E-state index in [1.807, 2.05) is 0 Å². The number of carbonyl (C=O) groups is 1. The number of alkyl halides is 3. The van der Waals surface area contributed by atoms with Crippen molar-refractivity contribution in [2.75, 3.05) is 18.5 Å². The number of hydrogen-bond acceptors (Lipinski definition) is 3. The number of nitrogens with one attached hydrogen (secondary N) is 1. The summed E-state index contributed by atoms with van der Waals surface area (Å²) in [6.45, 7) is 0.387. The van der Waals surface area contributed by atoms with Crippen LogP contribution in [-0.4, -0.2) is 25.5 Å². The Morgan fingerprint density at radius 2 is 2.11 bits per heavy atom. The van der Waals surface area contributed by atoms with Crippen molar-refractivity contribution < 1.29 is 27.4 Å². The molecule has 0 saturated heterocycles. The highest BCUT2D eigenvalue weighted by Crippen LogP contribution is 2.28. The normalized spacial score (nSPS) is 11.0. The summed E-state index contributed by atoms with van der Waals surface area (Å²) in [7, 11) is 0. The van der Waals surface area contributed by atoms with Crippen LogP contribution in [0.25, 0.3) is 0 Å². The zero-order chi connectivity index (χ0) is 14.5. The molecule has 0 fully saturated rings. The molecule has 8 heteroatoms. The Labute approximate surface area is 112 Å². The number of anilines is 1. The second kappa shape index (κ2) is 6.51. The second-order valence-corrected chi connectivity index (χ2v) is 3.83. The number of benzene rings is 1. The lowest BCUT2D eigenvalue weighted by atomic mass is 10.3. The molecule has 0 bridgehead atoms. The Bertz CT molecular complexity index is 451. The van der Waals surface area contributed by atoms with Crippen LogP contribution in [0, 0.1) is 0 Å². The molecule has 0 radical (unpaired) electrons. The number of carbonyl (C=O) groups excluding carboxylic acids is 1. The molecule has 1 aromatic rings. The fourth-order valence-corrected chi connectivity index (χ4v) is 1.35. The molecule has 0 aliphatic heterocycles. The van der Waals surface area contributed by atoms with Gasteiger partial charge in [-0.25, -0.2) is 4.79 Å². The molecular formula is C11H11ClF3NO3. The third-order valence-corrected chi connectivity index (χ3v) is 2.08. The molecule has 0 aliphatic carbocycles. The predicted molar refractivity (Wildman–Crippen MR) is 63.6 cm³/mol. The number of hydrogen-bond donors (Lipinski definition) is 1. The number of amides is 1. The number of ether oxygens (including phenoxy) is 2. The Balaban J connectivity index is 2.69. The van der Waals surface area contributed by atoms with Crippen LogP contribution in [-0.2, 0) is 4.74 Å². The van der Waals surface area contributed by atoms with E-state index in [4.69, 9.17) is 16.3 Å². The third-order valence-electron chi connectivity index (χ3n) is 1.85. The van der Waals surface area contributed by atoms with E-state index >= 15 is 0 Å². The van der Waals surface area contributed by atoms with Gasteiger partial charge in [-0.1, -0.05) is 11.6 Å². The monoisotopic (exact) mass is 297 g/mol. The van der Waals surface area contributed by atoms with Crippen molar-refractivity contribution in [1.82, 2.24) is 0 Å². The Morgan fingerprint density at radius 1 is 1.42 bits per heavy atom. The predicted octanol–water partition coefficient (Wildman–Crippen LogP) is 3.85. The molecule has 1 rings (SSSR count). The molecule has 0 aliphatic rings. The lowest BCUT2D eigenvalue weighted by molar-refractivity contribution is -0.159. The zero-order valence-corrected chi connectivity index (χ0v) is 10.6. The van der Waals surface area contributed by atoms with Crippen molar-refractivity contribution in [3.63, 3.8) is 0 Å². The van der Waals surface area contributed by atoms with Gasteiger partial charge in [0.1, 0.15) is 5.75 Å². The van der Waals surface area contributed by atoms with Crippen LogP contribution in [0.5, 0.6) is 5.75 Å². The lowest BCUT2D eigenvalue weighted by Gasteiger charge is -2.12. The molecule has 1 amide bonds. The molecule has 1 N–H and O–H groups in total. The topological polar surface area (TPSA) is 47.6 Å². The average Bonchev–Trinajstić information content (AvgIpc) is 2.29. The van der Waals surface area contributed by atoms with Gasteiger partial charge in [0.05, 0.1) is 12.3 Å². The standard InChI is InChI=1S/C11H11ClF3NO3/c1-2-18-9-4-3-7(12)5-8(9)16-10(17)19-6-11(13,14)15/h3-5H,2,6H2,1H3,(H,16,17). The molecule has 106 valence electrons. The third kappa shape index (κ3) is 5.69. The molecule has 0 aromatic heterocycles. The van der Waals surface area contributed by atoms with E-state index in [1.165, 1.54) is 18.2 Å². The highest BCUT2D eigenvalue weighted by molar-refractivity contribution is 6.31. The van der Waals surface area contributed by atoms with Crippen LogP contribution in [0.3, 0.4) is 0 Å². The second-order valence-electron chi connectivity index (χ2n) is 3.39. The van der Waals surface area contributed by atoms with Gasteiger partial charge in [0.15, 0.2) is 6.61 Å². The molecule has 19 heavy (non-hydrogen) atoms. The summed E-state index contributed by atoms with van der Waals surface area (Å²) in [4.78, 5) is 11.2. The first-order valence-corrected chi connectivity index (χ1v) is 5.62. The minimum absolute atomic E-state index is 0.140. The Morgan fingerprint density at radius 3 is 2.68 bits per heavy atom. The molecule has 0 unspecified atom stereocenters. The van der Waals surface area contributed by atoms with Crippen LogP contribution in [0.4, 0.5) is 23.7 Å². The highest BCUT2D eigenvalue weighted by Gasteiger charge is 2.29. The van der Waals surface area contributed by atoms with E-state index in [-0.39, 0.29) is 11.4 Å². The highest BCUT2D eigenvalue weighted by atomic mass is 35.5. The maximum atomic E-state index is 11.9. The summed E-state index contributed by atoms with van der Waals surface area (Å²) in [5.41, 5.74) is 0.140. The molecule has 0 heterocycles. The largest absolute Gasteiger partial charge is 0.492 e. The molecule has 0 spiro atoms. The zero-order valence-electron chi connectivity index (χ0n) is 9.88. The van der Waals surface area contributed by atoms with Crippen LogP contribution in [0.15, 0.2) is 18.2 Å². The van der Waals surface area contributed by atoms with Gasteiger partial charge in [-0.15, -0.1) is 0 Å².